The first-order valence-electron chi connectivity index (χ1n) is 5.17. The van der Waals surface area contributed by atoms with E-state index in [0.717, 1.165) is 12.1 Å². The molecule has 2 aromatic rings. The molecule has 1 aromatic heterocycles. The van der Waals surface area contributed by atoms with Crippen molar-refractivity contribution in [2.45, 2.75) is 19.0 Å². The summed E-state index contributed by atoms with van der Waals surface area (Å²) in [6.45, 7) is 0.493. The lowest BCUT2D eigenvalue weighted by Crippen LogP contribution is -2.04. The van der Waals surface area contributed by atoms with Crippen molar-refractivity contribution in [3.63, 3.8) is 0 Å². The van der Waals surface area contributed by atoms with E-state index in [9.17, 15) is 13.2 Å². The third-order valence-corrected chi connectivity index (χ3v) is 2.35. The van der Waals surface area contributed by atoms with E-state index in [1.54, 1.807) is 0 Å². The normalized spacial score (nSPS) is 12.2. The van der Waals surface area contributed by atoms with Gasteiger partial charge in [0.05, 0.1) is 5.56 Å². The van der Waals surface area contributed by atoms with Gasteiger partial charge in [0.2, 0.25) is 0 Å². The minimum absolute atomic E-state index is 0.229. The fourth-order valence-corrected chi connectivity index (χ4v) is 1.51. The molecule has 0 unspecified atom stereocenters. The highest BCUT2D eigenvalue weighted by atomic mass is 19.4. The lowest BCUT2D eigenvalue weighted by molar-refractivity contribution is -0.137. The van der Waals surface area contributed by atoms with Gasteiger partial charge in [0.15, 0.2) is 11.5 Å². The number of alkyl halides is 3. The summed E-state index contributed by atoms with van der Waals surface area (Å²) >= 11 is 0. The Morgan fingerprint density at radius 2 is 2.06 bits per heavy atom. The smallest absolute Gasteiger partial charge is 0.416 e. The molecule has 6 heteroatoms. The second-order valence-corrected chi connectivity index (χ2v) is 3.68. The summed E-state index contributed by atoms with van der Waals surface area (Å²) in [7, 11) is 0. The average Bonchev–Trinajstić information content (AvgIpc) is 2.66. The molecule has 0 amide bonds. The summed E-state index contributed by atoms with van der Waals surface area (Å²) in [6, 6.07) is 3.27. The molecule has 1 aromatic carbocycles. The molecule has 0 aliphatic rings. The van der Waals surface area contributed by atoms with E-state index in [1.807, 2.05) is 0 Å². The summed E-state index contributed by atoms with van der Waals surface area (Å²) in [5.41, 5.74) is 5.21. The number of oxazole rings is 1. The molecule has 0 spiro atoms. The van der Waals surface area contributed by atoms with Gasteiger partial charge in [-0.15, -0.1) is 0 Å². The number of nitrogens with zero attached hydrogens (tertiary/aromatic N) is 1. The second-order valence-electron chi connectivity index (χ2n) is 3.68. The summed E-state index contributed by atoms with van der Waals surface area (Å²) < 4.78 is 42.7. The van der Waals surface area contributed by atoms with Crippen LogP contribution in [0.25, 0.3) is 11.1 Å². The zero-order valence-corrected chi connectivity index (χ0v) is 8.92. The number of aryl methyl sites for hydroxylation is 1. The molecule has 17 heavy (non-hydrogen) atoms. The van der Waals surface area contributed by atoms with Crippen molar-refractivity contribution in [3.8, 4) is 0 Å². The fourth-order valence-electron chi connectivity index (χ4n) is 1.51. The van der Waals surface area contributed by atoms with Gasteiger partial charge in [0.25, 0.3) is 0 Å². The first kappa shape index (κ1) is 11.9. The van der Waals surface area contributed by atoms with E-state index >= 15 is 0 Å². The number of nitrogens with two attached hydrogens (primary N) is 1. The van der Waals surface area contributed by atoms with Gasteiger partial charge in [-0.25, -0.2) is 4.98 Å². The molecule has 0 saturated heterocycles. The van der Waals surface area contributed by atoms with Gasteiger partial charge in [-0.05, 0) is 31.2 Å². The van der Waals surface area contributed by atoms with Crippen LogP contribution in [0.5, 0.6) is 0 Å². The van der Waals surface area contributed by atoms with Gasteiger partial charge in [-0.3, -0.25) is 0 Å². The van der Waals surface area contributed by atoms with Gasteiger partial charge < -0.3 is 10.2 Å². The Labute approximate surface area is 95.4 Å². The van der Waals surface area contributed by atoms with Crippen molar-refractivity contribution in [2.75, 3.05) is 6.54 Å². The molecule has 0 bridgehead atoms. The Kier molecular flexibility index (Phi) is 3.06. The quantitative estimate of drug-likeness (QED) is 0.903. The topological polar surface area (TPSA) is 52.0 Å². The van der Waals surface area contributed by atoms with Crippen molar-refractivity contribution in [1.29, 1.82) is 0 Å². The third kappa shape index (κ3) is 2.58. The van der Waals surface area contributed by atoms with Gasteiger partial charge in [-0.2, -0.15) is 13.2 Å². The monoisotopic (exact) mass is 244 g/mol. The SMILES string of the molecule is NCCCc1nc2cc(C(F)(F)F)ccc2o1. The van der Waals surface area contributed by atoms with Crippen LogP contribution < -0.4 is 5.73 Å². The predicted octanol–water partition coefficient (Wildman–Crippen LogP) is 2.74. The Morgan fingerprint density at radius 1 is 1.29 bits per heavy atom. The highest BCUT2D eigenvalue weighted by molar-refractivity contribution is 5.73. The lowest BCUT2D eigenvalue weighted by atomic mass is 10.2. The van der Waals surface area contributed by atoms with E-state index in [2.05, 4.69) is 4.98 Å². The maximum Gasteiger partial charge on any atom is 0.416 e. The van der Waals surface area contributed by atoms with Crippen LogP contribution in [0.3, 0.4) is 0 Å². The maximum atomic E-state index is 12.5. The van der Waals surface area contributed by atoms with Crippen molar-refractivity contribution in [2.24, 2.45) is 5.73 Å². The van der Waals surface area contributed by atoms with Gasteiger partial charge in [0.1, 0.15) is 5.52 Å². The number of hydrogen-bond donors (Lipinski definition) is 1. The minimum Gasteiger partial charge on any atom is -0.441 e. The van der Waals surface area contributed by atoms with Gasteiger partial charge in [-0.1, -0.05) is 0 Å². The Morgan fingerprint density at radius 3 is 2.71 bits per heavy atom. The molecule has 0 saturated carbocycles. The number of rotatable bonds is 3. The van der Waals surface area contributed by atoms with Crippen molar-refractivity contribution in [1.82, 2.24) is 4.98 Å². The molecular formula is C11H11F3N2O. The third-order valence-electron chi connectivity index (χ3n) is 2.35. The van der Waals surface area contributed by atoms with E-state index in [1.165, 1.54) is 6.07 Å². The van der Waals surface area contributed by atoms with Crippen molar-refractivity contribution in [3.05, 3.63) is 29.7 Å². The predicted molar refractivity (Wildman–Crippen MR) is 56.4 cm³/mol. The molecule has 0 atom stereocenters. The zero-order valence-electron chi connectivity index (χ0n) is 8.92. The number of benzene rings is 1. The van der Waals surface area contributed by atoms with E-state index in [-0.39, 0.29) is 5.52 Å². The highest BCUT2D eigenvalue weighted by Gasteiger charge is 2.30. The van der Waals surface area contributed by atoms with Crippen molar-refractivity contribution >= 4 is 11.1 Å². The molecule has 0 radical (unpaired) electrons. The van der Waals surface area contributed by atoms with Crippen LogP contribution in [-0.4, -0.2) is 11.5 Å². The summed E-state index contributed by atoms with van der Waals surface area (Å²) in [6.07, 6.45) is -3.13. The summed E-state index contributed by atoms with van der Waals surface area (Å²) in [4.78, 5) is 4.00. The summed E-state index contributed by atoms with van der Waals surface area (Å²) in [5.74, 6) is 0.421. The molecule has 92 valence electrons. The number of aromatic nitrogens is 1. The average molecular weight is 244 g/mol. The van der Waals surface area contributed by atoms with Gasteiger partial charge in [0, 0.05) is 6.42 Å². The molecule has 2 rings (SSSR count). The molecule has 0 aliphatic heterocycles. The molecule has 1 heterocycles. The van der Waals surface area contributed by atoms with E-state index < -0.39 is 11.7 Å². The molecular weight excluding hydrogens is 233 g/mol. The molecule has 0 fully saturated rings. The van der Waals surface area contributed by atoms with Crippen LogP contribution in [0.2, 0.25) is 0 Å². The second kappa shape index (κ2) is 4.37. The molecule has 3 nitrogen and oxygen atoms in total. The summed E-state index contributed by atoms with van der Waals surface area (Å²) in [5, 5.41) is 0. The standard InChI is InChI=1S/C11H11F3N2O/c12-11(13,14)7-3-4-9-8(6-7)16-10(17-9)2-1-5-15/h3-4,6H,1-2,5,15H2. The van der Waals surface area contributed by atoms with Crippen LogP contribution in [0.1, 0.15) is 17.9 Å². The minimum atomic E-state index is -4.36. The fraction of sp³-hybridized carbons (Fsp3) is 0.364. The van der Waals surface area contributed by atoms with Crippen LogP contribution in [0.4, 0.5) is 13.2 Å². The molecule has 0 aliphatic carbocycles. The Balaban J connectivity index is 2.34. The van der Waals surface area contributed by atoms with Gasteiger partial charge >= 0.3 is 6.18 Å². The highest BCUT2D eigenvalue weighted by Crippen LogP contribution is 2.31. The largest absolute Gasteiger partial charge is 0.441 e. The van der Waals surface area contributed by atoms with Crippen LogP contribution >= 0.6 is 0 Å². The lowest BCUT2D eigenvalue weighted by Gasteiger charge is -2.04. The van der Waals surface area contributed by atoms with Crippen LogP contribution in [0, 0.1) is 0 Å². The molecule has 2 N–H and O–H groups in total. The van der Waals surface area contributed by atoms with Crippen molar-refractivity contribution < 1.29 is 17.6 Å². The Hall–Kier alpha value is -1.56. The first-order chi connectivity index (χ1) is 8.00. The van der Waals surface area contributed by atoms with E-state index in [0.29, 0.717) is 30.9 Å². The maximum absolute atomic E-state index is 12.5. The van der Waals surface area contributed by atoms with E-state index in [4.69, 9.17) is 10.2 Å². The number of halogens is 3. The number of hydrogen-bond acceptors (Lipinski definition) is 3. The van der Waals surface area contributed by atoms with Crippen LogP contribution in [0.15, 0.2) is 22.6 Å². The number of fused-ring (bicyclic) bond motifs is 1. The first-order valence-corrected chi connectivity index (χ1v) is 5.17. The Bertz CT molecular complexity index is 519. The van der Waals surface area contributed by atoms with Crippen LogP contribution in [-0.2, 0) is 12.6 Å². The zero-order chi connectivity index (χ0) is 12.5.